The van der Waals surface area contributed by atoms with Crippen LogP contribution in [0.1, 0.15) is 30.4 Å². The number of hydrogen-bond acceptors (Lipinski definition) is 3. The van der Waals surface area contributed by atoms with Crippen LogP contribution in [0.4, 0.5) is 21.9 Å². The number of anilines is 3. The van der Waals surface area contributed by atoms with Crippen molar-refractivity contribution < 1.29 is 4.79 Å². The smallest absolute Gasteiger partial charge is 0.328 e. The molecule has 2 amide bonds. The van der Waals surface area contributed by atoms with Crippen LogP contribution >= 0.6 is 0 Å². The molecule has 2 aromatic carbocycles. The second kappa shape index (κ2) is 7.89. The fraction of sp³-hybridized carbons (Fsp3) is 0.391. The SMILES string of the molecule is Cc1cc(C)cc(NC(=O)Nc2cc3c(cc2N2CCCCC2)n(C)c(=O)n3C)c1. The predicted molar refractivity (Wildman–Crippen MR) is 123 cm³/mol. The second-order valence-electron chi connectivity index (χ2n) is 8.26. The highest BCUT2D eigenvalue weighted by atomic mass is 16.2. The van der Waals surface area contributed by atoms with Gasteiger partial charge in [-0.25, -0.2) is 9.59 Å². The molecule has 2 N–H and O–H groups in total. The average Bonchev–Trinajstić information content (AvgIpc) is 2.91. The lowest BCUT2D eigenvalue weighted by molar-refractivity contribution is 0.262. The minimum atomic E-state index is -0.293. The molecule has 1 fully saturated rings. The van der Waals surface area contributed by atoms with Gasteiger partial charge >= 0.3 is 11.7 Å². The third-order valence-electron chi connectivity index (χ3n) is 5.81. The maximum Gasteiger partial charge on any atom is 0.328 e. The molecule has 30 heavy (non-hydrogen) atoms. The summed E-state index contributed by atoms with van der Waals surface area (Å²) in [7, 11) is 3.54. The lowest BCUT2D eigenvalue weighted by Crippen LogP contribution is -2.31. The number of carbonyl (C=O) groups is 1. The highest BCUT2D eigenvalue weighted by Crippen LogP contribution is 2.33. The molecular formula is C23H29N5O2. The van der Waals surface area contributed by atoms with Crippen molar-refractivity contribution in [2.24, 2.45) is 14.1 Å². The lowest BCUT2D eigenvalue weighted by Gasteiger charge is -2.30. The van der Waals surface area contributed by atoms with Crippen molar-refractivity contribution in [2.45, 2.75) is 33.1 Å². The van der Waals surface area contributed by atoms with E-state index in [0.29, 0.717) is 5.69 Å². The highest BCUT2D eigenvalue weighted by Gasteiger charge is 2.20. The second-order valence-corrected chi connectivity index (χ2v) is 8.26. The van der Waals surface area contributed by atoms with Crippen molar-refractivity contribution in [1.29, 1.82) is 0 Å². The fourth-order valence-electron chi connectivity index (χ4n) is 4.36. The summed E-state index contributed by atoms with van der Waals surface area (Å²) in [6.07, 6.45) is 3.47. The number of piperidine rings is 1. The van der Waals surface area contributed by atoms with Gasteiger partial charge in [0.1, 0.15) is 0 Å². The molecule has 0 bridgehead atoms. The Balaban J connectivity index is 1.71. The summed E-state index contributed by atoms with van der Waals surface area (Å²) < 4.78 is 3.27. The summed E-state index contributed by atoms with van der Waals surface area (Å²) in [5.74, 6) is 0. The van der Waals surface area contributed by atoms with E-state index in [0.717, 1.165) is 59.5 Å². The number of carbonyl (C=O) groups excluding carboxylic acids is 1. The van der Waals surface area contributed by atoms with Crippen LogP contribution in [-0.2, 0) is 14.1 Å². The number of amides is 2. The van der Waals surface area contributed by atoms with Gasteiger partial charge in [-0.3, -0.25) is 9.13 Å². The highest BCUT2D eigenvalue weighted by molar-refractivity contribution is 6.04. The maximum absolute atomic E-state index is 12.8. The van der Waals surface area contributed by atoms with Crippen LogP contribution < -0.4 is 21.2 Å². The monoisotopic (exact) mass is 407 g/mol. The van der Waals surface area contributed by atoms with Gasteiger partial charge in [0.15, 0.2) is 0 Å². The Morgan fingerprint density at radius 3 is 2.07 bits per heavy atom. The number of benzene rings is 2. The quantitative estimate of drug-likeness (QED) is 0.686. The summed E-state index contributed by atoms with van der Waals surface area (Å²) in [6.45, 7) is 5.90. The molecule has 7 nitrogen and oxygen atoms in total. The van der Waals surface area contributed by atoms with E-state index in [2.05, 4.69) is 21.6 Å². The summed E-state index contributed by atoms with van der Waals surface area (Å²) in [6, 6.07) is 9.60. The van der Waals surface area contributed by atoms with Crippen molar-refractivity contribution in [1.82, 2.24) is 9.13 Å². The Morgan fingerprint density at radius 1 is 0.833 bits per heavy atom. The van der Waals surface area contributed by atoms with Crippen molar-refractivity contribution >= 4 is 34.1 Å². The van der Waals surface area contributed by atoms with E-state index in [1.165, 1.54) is 6.42 Å². The van der Waals surface area contributed by atoms with E-state index in [1.807, 2.05) is 38.1 Å². The first-order chi connectivity index (χ1) is 14.3. The largest absolute Gasteiger partial charge is 0.370 e. The van der Waals surface area contributed by atoms with E-state index in [9.17, 15) is 9.59 Å². The maximum atomic E-state index is 12.8. The molecule has 1 aromatic heterocycles. The van der Waals surface area contributed by atoms with Crippen molar-refractivity contribution in [3.05, 3.63) is 51.9 Å². The molecule has 0 atom stereocenters. The lowest BCUT2D eigenvalue weighted by atomic mass is 10.1. The fourth-order valence-corrected chi connectivity index (χ4v) is 4.36. The van der Waals surface area contributed by atoms with Gasteiger partial charge in [-0.05, 0) is 68.5 Å². The average molecular weight is 408 g/mol. The topological polar surface area (TPSA) is 71.3 Å². The first-order valence-corrected chi connectivity index (χ1v) is 10.4. The third kappa shape index (κ3) is 3.79. The van der Waals surface area contributed by atoms with Crippen molar-refractivity contribution in [2.75, 3.05) is 28.6 Å². The minimum Gasteiger partial charge on any atom is -0.370 e. The van der Waals surface area contributed by atoms with Gasteiger partial charge in [-0.2, -0.15) is 0 Å². The molecule has 2 heterocycles. The Bertz CT molecular complexity index is 1150. The van der Waals surface area contributed by atoms with E-state index in [-0.39, 0.29) is 11.7 Å². The van der Waals surface area contributed by atoms with E-state index >= 15 is 0 Å². The normalized spacial score (nSPS) is 14.2. The van der Waals surface area contributed by atoms with E-state index in [1.54, 1.807) is 23.2 Å². The van der Waals surface area contributed by atoms with Crippen LogP contribution in [0.3, 0.4) is 0 Å². The molecule has 4 rings (SSSR count). The molecule has 1 aliphatic heterocycles. The van der Waals surface area contributed by atoms with Gasteiger partial charge in [0, 0.05) is 32.9 Å². The van der Waals surface area contributed by atoms with Crippen LogP contribution in [0, 0.1) is 13.8 Å². The van der Waals surface area contributed by atoms with E-state index < -0.39 is 0 Å². The Labute approximate surface area is 176 Å². The number of hydrogen-bond donors (Lipinski definition) is 2. The molecule has 0 unspecified atom stereocenters. The zero-order valence-corrected chi connectivity index (χ0v) is 18.1. The number of imidazole rings is 1. The van der Waals surface area contributed by atoms with Gasteiger partial charge in [-0.1, -0.05) is 6.07 Å². The molecule has 0 spiro atoms. The van der Waals surface area contributed by atoms with Gasteiger partial charge in [0.25, 0.3) is 0 Å². The summed E-state index contributed by atoms with van der Waals surface area (Å²) in [5.41, 5.74) is 6.21. The summed E-state index contributed by atoms with van der Waals surface area (Å²) in [4.78, 5) is 27.5. The van der Waals surface area contributed by atoms with Gasteiger partial charge in [0.2, 0.25) is 0 Å². The molecule has 1 aliphatic rings. The Kier molecular flexibility index (Phi) is 5.28. The number of rotatable bonds is 3. The van der Waals surface area contributed by atoms with Gasteiger partial charge in [0.05, 0.1) is 22.4 Å². The van der Waals surface area contributed by atoms with Crippen LogP contribution in [-0.4, -0.2) is 28.3 Å². The number of aryl methyl sites for hydroxylation is 4. The van der Waals surface area contributed by atoms with Crippen LogP contribution in [0.2, 0.25) is 0 Å². The summed E-state index contributed by atoms with van der Waals surface area (Å²) >= 11 is 0. The Morgan fingerprint density at radius 2 is 1.43 bits per heavy atom. The number of aromatic nitrogens is 2. The first-order valence-electron chi connectivity index (χ1n) is 10.4. The predicted octanol–water partition coefficient (Wildman–Crippen LogP) is 4.13. The zero-order valence-electron chi connectivity index (χ0n) is 18.1. The molecule has 158 valence electrons. The molecule has 0 aliphatic carbocycles. The molecule has 0 radical (unpaired) electrons. The Hall–Kier alpha value is -3.22. The number of nitrogens with one attached hydrogen (secondary N) is 2. The molecular weight excluding hydrogens is 378 g/mol. The third-order valence-corrected chi connectivity index (χ3v) is 5.81. The molecule has 3 aromatic rings. The first kappa shape index (κ1) is 20.1. The molecule has 0 saturated carbocycles. The van der Waals surface area contributed by atoms with E-state index in [4.69, 9.17) is 0 Å². The van der Waals surface area contributed by atoms with Gasteiger partial charge in [-0.15, -0.1) is 0 Å². The van der Waals surface area contributed by atoms with Crippen LogP contribution in [0.15, 0.2) is 35.1 Å². The molecule has 7 heteroatoms. The summed E-state index contributed by atoms with van der Waals surface area (Å²) in [5, 5.41) is 5.97. The van der Waals surface area contributed by atoms with Crippen molar-refractivity contribution in [3.8, 4) is 0 Å². The van der Waals surface area contributed by atoms with Crippen LogP contribution in [0.5, 0.6) is 0 Å². The number of urea groups is 1. The zero-order chi connectivity index (χ0) is 21.4. The molecule has 1 saturated heterocycles. The standard InChI is InChI=1S/C23H29N5O2/c1-15-10-16(2)12-17(11-15)24-22(29)25-18-13-20-21(27(4)23(30)26(20)3)14-19(18)28-8-6-5-7-9-28/h10-14H,5-9H2,1-4H3,(H2,24,25,29). The number of nitrogens with zero attached hydrogens (tertiary/aromatic N) is 3. The number of fused-ring (bicyclic) bond motifs is 1. The minimum absolute atomic E-state index is 0.0774. The van der Waals surface area contributed by atoms with Crippen LogP contribution in [0.25, 0.3) is 11.0 Å². The van der Waals surface area contributed by atoms with Crippen molar-refractivity contribution in [3.63, 3.8) is 0 Å². The van der Waals surface area contributed by atoms with Gasteiger partial charge < -0.3 is 15.5 Å².